The summed E-state index contributed by atoms with van der Waals surface area (Å²) in [5.74, 6) is -0.342. The van der Waals surface area contributed by atoms with Crippen LogP contribution in [0.25, 0.3) is 10.8 Å². The normalized spacial score (nSPS) is 12.3. The third-order valence-electron chi connectivity index (χ3n) is 2.46. The van der Waals surface area contributed by atoms with E-state index in [2.05, 4.69) is 28.1 Å². The fourth-order valence-corrected chi connectivity index (χ4v) is 1.64. The molecule has 0 saturated carbocycles. The minimum atomic E-state index is -0.513. The van der Waals surface area contributed by atoms with Crippen LogP contribution < -0.4 is 16.4 Å². The summed E-state index contributed by atoms with van der Waals surface area (Å²) in [7, 11) is 0. The molecule has 0 saturated heterocycles. The predicted octanol–water partition coefficient (Wildman–Crippen LogP) is 0.473. The lowest BCUT2D eigenvalue weighted by atomic mass is 10.1. The van der Waals surface area contributed by atoms with Gasteiger partial charge in [0.05, 0.1) is 21.7 Å². The van der Waals surface area contributed by atoms with Crippen molar-refractivity contribution in [1.29, 1.82) is 0 Å². The number of rotatable bonds is 2. The first-order valence-electron chi connectivity index (χ1n) is 5.23. The van der Waals surface area contributed by atoms with Gasteiger partial charge in [0.15, 0.2) is 0 Å². The van der Waals surface area contributed by atoms with Crippen LogP contribution in [0.15, 0.2) is 27.8 Å². The number of anilines is 1. The Labute approximate surface area is 107 Å². The van der Waals surface area contributed by atoms with E-state index in [-0.39, 0.29) is 16.7 Å². The van der Waals surface area contributed by atoms with Gasteiger partial charge in [-0.3, -0.25) is 24.6 Å². The highest BCUT2D eigenvalue weighted by atomic mass is 32.1. The molecule has 2 aromatic rings. The standard InChI is InChI=1S/C11H11N3O3S/c1-5(18)9(15)12-7-4-2-3-6-8(7)11(17)14-13-10(6)16/h2-5,18H,1H3,(H,12,15)(H,13,16)(H,14,17). The molecule has 18 heavy (non-hydrogen) atoms. The Balaban J connectivity index is 2.66. The van der Waals surface area contributed by atoms with Gasteiger partial charge in [-0.05, 0) is 19.1 Å². The smallest absolute Gasteiger partial charge is 0.272 e. The molecule has 1 atom stereocenters. The van der Waals surface area contributed by atoms with Crippen LogP contribution in [0, 0.1) is 0 Å². The summed E-state index contributed by atoms with van der Waals surface area (Å²) >= 11 is 4.00. The predicted molar refractivity (Wildman–Crippen MR) is 72.3 cm³/mol. The van der Waals surface area contributed by atoms with Crippen LogP contribution in [-0.4, -0.2) is 21.4 Å². The molecule has 1 amide bonds. The highest BCUT2D eigenvalue weighted by molar-refractivity contribution is 7.81. The Morgan fingerprint density at radius 2 is 1.94 bits per heavy atom. The van der Waals surface area contributed by atoms with Crippen LogP contribution in [0.2, 0.25) is 0 Å². The number of aromatic amines is 2. The van der Waals surface area contributed by atoms with Crippen molar-refractivity contribution < 1.29 is 4.79 Å². The monoisotopic (exact) mass is 265 g/mol. The van der Waals surface area contributed by atoms with Gasteiger partial charge in [0.25, 0.3) is 11.1 Å². The van der Waals surface area contributed by atoms with Gasteiger partial charge >= 0.3 is 0 Å². The lowest BCUT2D eigenvalue weighted by Crippen LogP contribution is -2.24. The van der Waals surface area contributed by atoms with Crippen molar-refractivity contribution in [2.75, 3.05) is 5.32 Å². The van der Waals surface area contributed by atoms with Crippen molar-refractivity contribution in [3.63, 3.8) is 0 Å². The molecule has 94 valence electrons. The van der Waals surface area contributed by atoms with Crippen LogP contribution in [0.1, 0.15) is 6.92 Å². The van der Waals surface area contributed by atoms with Gasteiger partial charge in [-0.1, -0.05) is 6.07 Å². The number of thiol groups is 1. The Kier molecular flexibility index (Phi) is 3.24. The number of benzene rings is 1. The van der Waals surface area contributed by atoms with Crippen molar-refractivity contribution >= 4 is 35.0 Å². The summed E-state index contributed by atoms with van der Waals surface area (Å²) in [4.78, 5) is 34.8. The average Bonchev–Trinajstić information content (AvgIpc) is 2.34. The minimum Gasteiger partial charge on any atom is -0.324 e. The molecule has 0 spiro atoms. The molecule has 1 unspecified atom stereocenters. The summed E-state index contributed by atoms with van der Waals surface area (Å²) in [5.41, 5.74) is -0.585. The maximum Gasteiger partial charge on any atom is 0.272 e. The third kappa shape index (κ3) is 2.17. The van der Waals surface area contributed by atoms with Gasteiger partial charge < -0.3 is 5.32 Å². The van der Waals surface area contributed by atoms with Crippen LogP contribution in [0.3, 0.4) is 0 Å². The number of aromatic nitrogens is 2. The SMILES string of the molecule is CC(S)C(=O)Nc1cccc2c(=O)[nH][nH]c(=O)c12. The molecular formula is C11H11N3O3S. The zero-order valence-corrected chi connectivity index (χ0v) is 10.4. The maximum atomic E-state index is 11.7. The average molecular weight is 265 g/mol. The van der Waals surface area contributed by atoms with Gasteiger partial charge in [-0.2, -0.15) is 12.6 Å². The molecule has 0 radical (unpaired) electrons. The quantitative estimate of drug-likeness (QED) is 0.595. The molecule has 0 aliphatic heterocycles. The fraction of sp³-hybridized carbons (Fsp3) is 0.182. The zero-order valence-electron chi connectivity index (χ0n) is 9.48. The number of hydrogen-bond donors (Lipinski definition) is 4. The Morgan fingerprint density at radius 3 is 2.61 bits per heavy atom. The molecule has 7 heteroatoms. The van der Waals surface area contributed by atoms with Gasteiger partial charge in [0.1, 0.15) is 0 Å². The number of nitrogens with one attached hydrogen (secondary N) is 3. The number of hydrogen-bond acceptors (Lipinski definition) is 4. The topological polar surface area (TPSA) is 94.8 Å². The minimum absolute atomic E-state index is 0.156. The second-order valence-electron chi connectivity index (χ2n) is 3.80. The molecular weight excluding hydrogens is 254 g/mol. The molecule has 6 nitrogen and oxygen atoms in total. The maximum absolute atomic E-state index is 11.7. The largest absolute Gasteiger partial charge is 0.324 e. The molecule has 0 bridgehead atoms. The number of carbonyl (C=O) groups excluding carboxylic acids is 1. The van der Waals surface area contributed by atoms with E-state index in [9.17, 15) is 14.4 Å². The van der Waals surface area contributed by atoms with Crippen molar-refractivity contribution in [3.8, 4) is 0 Å². The van der Waals surface area contributed by atoms with Crippen LogP contribution in [0.5, 0.6) is 0 Å². The lowest BCUT2D eigenvalue weighted by Gasteiger charge is -2.08. The van der Waals surface area contributed by atoms with Crippen molar-refractivity contribution in [1.82, 2.24) is 10.2 Å². The molecule has 0 aliphatic carbocycles. The van der Waals surface area contributed by atoms with Crippen molar-refractivity contribution in [3.05, 3.63) is 38.9 Å². The Morgan fingerprint density at radius 1 is 1.28 bits per heavy atom. The Hall–Kier alpha value is -2.02. The molecule has 0 aliphatic rings. The zero-order chi connectivity index (χ0) is 13.3. The molecule has 3 N–H and O–H groups in total. The summed E-state index contributed by atoms with van der Waals surface area (Å²) in [6.07, 6.45) is 0. The van der Waals surface area contributed by atoms with Gasteiger partial charge in [-0.25, -0.2) is 0 Å². The van der Waals surface area contributed by atoms with Crippen molar-refractivity contribution in [2.45, 2.75) is 12.2 Å². The summed E-state index contributed by atoms with van der Waals surface area (Å²) in [6.45, 7) is 1.61. The first kappa shape index (κ1) is 12.4. The van der Waals surface area contributed by atoms with E-state index in [4.69, 9.17) is 0 Å². The van der Waals surface area contributed by atoms with Crippen LogP contribution in [0.4, 0.5) is 5.69 Å². The fourth-order valence-electron chi connectivity index (χ4n) is 1.57. The summed E-state index contributed by atoms with van der Waals surface area (Å²) in [5, 5.41) is 6.88. The van der Waals surface area contributed by atoms with E-state index >= 15 is 0 Å². The number of H-pyrrole nitrogens is 2. The highest BCUT2D eigenvalue weighted by Crippen LogP contribution is 2.17. The molecule has 1 heterocycles. The van der Waals surface area contributed by atoms with E-state index in [0.29, 0.717) is 5.69 Å². The van der Waals surface area contributed by atoms with Gasteiger partial charge in [-0.15, -0.1) is 0 Å². The van der Waals surface area contributed by atoms with E-state index in [1.54, 1.807) is 19.1 Å². The summed E-state index contributed by atoms with van der Waals surface area (Å²) in [6, 6.07) is 4.67. The first-order chi connectivity index (χ1) is 8.50. The summed E-state index contributed by atoms with van der Waals surface area (Å²) < 4.78 is 0. The Bertz CT molecular complexity index is 717. The molecule has 0 fully saturated rings. The first-order valence-corrected chi connectivity index (χ1v) is 5.75. The number of amides is 1. The number of carbonyl (C=O) groups is 1. The van der Waals surface area contributed by atoms with E-state index in [1.807, 2.05) is 0 Å². The molecule has 1 aromatic heterocycles. The van der Waals surface area contributed by atoms with Crippen LogP contribution in [-0.2, 0) is 4.79 Å². The van der Waals surface area contributed by atoms with Crippen LogP contribution >= 0.6 is 12.6 Å². The van der Waals surface area contributed by atoms with Gasteiger partial charge in [0.2, 0.25) is 5.91 Å². The van der Waals surface area contributed by atoms with Crippen molar-refractivity contribution in [2.24, 2.45) is 0 Å². The van der Waals surface area contributed by atoms with E-state index < -0.39 is 16.4 Å². The second kappa shape index (κ2) is 4.69. The molecule has 2 rings (SSSR count). The van der Waals surface area contributed by atoms with Gasteiger partial charge in [0, 0.05) is 0 Å². The molecule has 1 aromatic carbocycles. The second-order valence-corrected chi connectivity index (χ2v) is 4.58. The number of fused-ring (bicyclic) bond motifs is 1. The lowest BCUT2D eigenvalue weighted by molar-refractivity contribution is -0.115. The third-order valence-corrected chi connectivity index (χ3v) is 2.70. The van der Waals surface area contributed by atoms with E-state index in [1.165, 1.54) is 6.07 Å². The van der Waals surface area contributed by atoms with E-state index in [0.717, 1.165) is 0 Å². The highest BCUT2D eigenvalue weighted by Gasteiger charge is 2.12.